The zero-order valence-electron chi connectivity index (χ0n) is 12.4. The summed E-state index contributed by atoms with van der Waals surface area (Å²) in [7, 11) is 3.39. The van der Waals surface area contributed by atoms with E-state index in [-0.39, 0.29) is 5.69 Å². The molecule has 0 amide bonds. The fourth-order valence-electron chi connectivity index (χ4n) is 1.66. The predicted octanol–water partition coefficient (Wildman–Crippen LogP) is 0.332. The van der Waals surface area contributed by atoms with Crippen LogP contribution in [0.5, 0.6) is 0 Å². The number of nitrogens with zero attached hydrogens (tertiary/aromatic N) is 6. The van der Waals surface area contributed by atoms with Crippen LogP contribution >= 0.6 is 11.8 Å². The minimum atomic E-state index is -0.274. The molecule has 0 aliphatic rings. The fourth-order valence-corrected chi connectivity index (χ4v) is 2.39. The zero-order valence-corrected chi connectivity index (χ0v) is 13.2. The van der Waals surface area contributed by atoms with Gasteiger partial charge in [-0.05, 0) is 25.6 Å². The van der Waals surface area contributed by atoms with Crippen molar-refractivity contribution in [2.75, 3.05) is 30.4 Å². The van der Waals surface area contributed by atoms with Gasteiger partial charge in [0.2, 0.25) is 17.1 Å². The number of nitrogens with one attached hydrogen (secondary N) is 2. The molecule has 0 aliphatic heterocycles. The molecule has 2 aromatic rings. The van der Waals surface area contributed by atoms with Crippen molar-refractivity contribution in [3.63, 3.8) is 0 Å². The van der Waals surface area contributed by atoms with Gasteiger partial charge in [-0.2, -0.15) is 15.0 Å². The van der Waals surface area contributed by atoms with Gasteiger partial charge in [0.25, 0.3) is 0 Å². The van der Waals surface area contributed by atoms with E-state index in [2.05, 4.69) is 30.5 Å². The van der Waals surface area contributed by atoms with Gasteiger partial charge >= 0.3 is 5.69 Å². The molecular formula is C11H18N8OS. The Labute approximate surface area is 126 Å². The van der Waals surface area contributed by atoms with Crippen LogP contribution < -0.4 is 15.9 Å². The fraction of sp³-hybridized carbons (Fsp3) is 0.545. The Morgan fingerprint density at radius 3 is 2.52 bits per heavy atom. The van der Waals surface area contributed by atoms with Gasteiger partial charge in [0.1, 0.15) is 0 Å². The van der Waals surface area contributed by atoms with Crippen LogP contribution in [-0.2, 0) is 7.05 Å². The highest BCUT2D eigenvalue weighted by atomic mass is 32.2. The Bertz CT molecular complexity index is 662. The van der Waals surface area contributed by atoms with Crippen LogP contribution in [0.4, 0.5) is 11.9 Å². The maximum Gasteiger partial charge on any atom is 0.343 e. The summed E-state index contributed by atoms with van der Waals surface area (Å²) in [5.74, 6) is 1.08. The number of hydrogen-bond donors (Lipinski definition) is 2. The molecule has 114 valence electrons. The average molecular weight is 310 g/mol. The van der Waals surface area contributed by atoms with Crippen LogP contribution in [0.2, 0.25) is 0 Å². The van der Waals surface area contributed by atoms with Gasteiger partial charge in [-0.3, -0.25) is 4.57 Å². The second kappa shape index (κ2) is 6.57. The molecule has 0 fully saturated rings. The van der Waals surface area contributed by atoms with E-state index in [1.54, 1.807) is 14.1 Å². The van der Waals surface area contributed by atoms with E-state index in [9.17, 15) is 4.79 Å². The van der Waals surface area contributed by atoms with Crippen molar-refractivity contribution in [2.24, 2.45) is 7.05 Å². The third-order valence-corrected chi connectivity index (χ3v) is 3.81. The lowest BCUT2D eigenvalue weighted by molar-refractivity contribution is 0.755. The first-order chi connectivity index (χ1) is 10.1. The summed E-state index contributed by atoms with van der Waals surface area (Å²) in [4.78, 5) is 26.5. The maximum atomic E-state index is 11.4. The monoisotopic (exact) mass is 310 g/mol. The largest absolute Gasteiger partial charge is 0.357 e. The number of aromatic nitrogens is 6. The third-order valence-electron chi connectivity index (χ3n) is 2.89. The summed E-state index contributed by atoms with van der Waals surface area (Å²) in [5, 5.41) is 10.2. The predicted molar refractivity (Wildman–Crippen MR) is 80.9 cm³/mol. The number of anilines is 2. The molecule has 21 heavy (non-hydrogen) atoms. The smallest absolute Gasteiger partial charge is 0.343 e. The van der Waals surface area contributed by atoms with Crippen molar-refractivity contribution in [3.05, 3.63) is 10.5 Å². The highest BCUT2D eigenvalue weighted by Crippen LogP contribution is 2.23. The van der Waals surface area contributed by atoms with Crippen LogP contribution in [0.3, 0.4) is 0 Å². The van der Waals surface area contributed by atoms with Gasteiger partial charge in [-0.15, -0.1) is 5.10 Å². The topological polar surface area (TPSA) is 105 Å². The van der Waals surface area contributed by atoms with Crippen LogP contribution in [0.15, 0.2) is 15.1 Å². The van der Waals surface area contributed by atoms with E-state index in [0.29, 0.717) is 22.2 Å². The summed E-state index contributed by atoms with van der Waals surface area (Å²) in [6.07, 6.45) is 0. The molecule has 0 aromatic carbocycles. The molecule has 2 N–H and O–H groups in total. The molecule has 0 aliphatic carbocycles. The number of H-pyrrole nitrogens is 1. The highest BCUT2D eigenvalue weighted by molar-refractivity contribution is 7.99. The van der Waals surface area contributed by atoms with E-state index in [1.165, 1.54) is 16.3 Å². The Morgan fingerprint density at radius 1 is 1.29 bits per heavy atom. The number of hydrogen-bond acceptors (Lipinski definition) is 8. The normalized spacial score (nSPS) is 10.7. The van der Waals surface area contributed by atoms with Crippen molar-refractivity contribution in [3.8, 4) is 0 Å². The van der Waals surface area contributed by atoms with Crippen molar-refractivity contribution in [1.82, 2.24) is 29.7 Å². The van der Waals surface area contributed by atoms with Crippen molar-refractivity contribution >= 4 is 23.7 Å². The second-order valence-corrected chi connectivity index (χ2v) is 5.07. The Morgan fingerprint density at radius 2 is 2.00 bits per heavy atom. The lowest BCUT2D eigenvalue weighted by Gasteiger charge is -2.19. The first-order valence-electron chi connectivity index (χ1n) is 6.57. The molecular weight excluding hydrogens is 292 g/mol. The van der Waals surface area contributed by atoms with Gasteiger partial charge < -0.3 is 10.2 Å². The lowest BCUT2D eigenvalue weighted by Crippen LogP contribution is -2.25. The highest BCUT2D eigenvalue weighted by Gasteiger charge is 2.14. The molecule has 0 saturated heterocycles. The van der Waals surface area contributed by atoms with E-state index >= 15 is 0 Å². The van der Waals surface area contributed by atoms with E-state index < -0.39 is 0 Å². The first kappa shape index (κ1) is 15.3. The Kier molecular flexibility index (Phi) is 4.78. The molecule has 0 saturated carbocycles. The van der Waals surface area contributed by atoms with Gasteiger partial charge in [0, 0.05) is 27.2 Å². The summed E-state index contributed by atoms with van der Waals surface area (Å²) >= 11 is 1.21. The van der Waals surface area contributed by atoms with E-state index in [1.807, 2.05) is 18.7 Å². The molecule has 2 rings (SSSR count). The molecule has 0 spiro atoms. The van der Waals surface area contributed by atoms with Crippen molar-refractivity contribution < 1.29 is 0 Å². The molecule has 0 atom stereocenters. The molecule has 0 bridgehead atoms. The van der Waals surface area contributed by atoms with Crippen molar-refractivity contribution in [2.45, 2.75) is 24.2 Å². The SMILES string of the molecule is CCN(CC)c1nc(NC)nc(Sc2n[nH]c(=O)n2C)n1. The molecule has 2 heterocycles. The van der Waals surface area contributed by atoms with Crippen LogP contribution in [-0.4, -0.2) is 49.9 Å². The summed E-state index contributed by atoms with van der Waals surface area (Å²) in [6.45, 7) is 5.68. The summed E-state index contributed by atoms with van der Waals surface area (Å²) < 4.78 is 1.41. The van der Waals surface area contributed by atoms with Gasteiger partial charge in [0.15, 0.2) is 5.16 Å². The van der Waals surface area contributed by atoms with Gasteiger partial charge in [-0.25, -0.2) is 9.89 Å². The van der Waals surface area contributed by atoms with Gasteiger partial charge in [0.05, 0.1) is 0 Å². The van der Waals surface area contributed by atoms with Crippen LogP contribution in [0.1, 0.15) is 13.8 Å². The second-order valence-electron chi connectivity index (χ2n) is 4.14. The molecule has 10 heteroatoms. The summed E-state index contributed by atoms with van der Waals surface area (Å²) in [5.41, 5.74) is -0.274. The summed E-state index contributed by atoms with van der Waals surface area (Å²) in [6, 6.07) is 0. The minimum absolute atomic E-state index is 0.274. The number of aromatic amines is 1. The zero-order chi connectivity index (χ0) is 15.4. The molecule has 0 unspecified atom stereocenters. The third kappa shape index (κ3) is 3.32. The minimum Gasteiger partial charge on any atom is -0.357 e. The first-order valence-corrected chi connectivity index (χ1v) is 7.38. The quantitative estimate of drug-likeness (QED) is 0.786. The average Bonchev–Trinajstić information content (AvgIpc) is 2.80. The van der Waals surface area contributed by atoms with E-state index in [4.69, 9.17) is 0 Å². The lowest BCUT2D eigenvalue weighted by atomic mass is 10.5. The maximum absolute atomic E-state index is 11.4. The van der Waals surface area contributed by atoms with Crippen LogP contribution in [0.25, 0.3) is 0 Å². The number of rotatable bonds is 6. The standard InChI is InChI=1S/C11H18N8OS/c1-5-19(6-2)8-13-7(12-3)14-9(15-8)21-11-17-16-10(20)18(11)4/h5-6H2,1-4H3,(H,16,20)(H,12,13,14,15). The Balaban J connectivity index is 2.36. The van der Waals surface area contributed by atoms with Crippen LogP contribution in [0, 0.1) is 0 Å². The van der Waals surface area contributed by atoms with Crippen molar-refractivity contribution in [1.29, 1.82) is 0 Å². The Hall–Kier alpha value is -2.10. The molecule has 2 aromatic heterocycles. The van der Waals surface area contributed by atoms with E-state index in [0.717, 1.165) is 13.1 Å². The van der Waals surface area contributed by atoms with Gasteiger partial charge in [-0.1, -0.05) is 0 Å². The molecule has 0 radical (unpaired) electrons. The molecule has 9 nitrogen and oxygen atoms in total.